The van der Waals surface area contributed by atoms with Crippen LogP contribution in [0.2, 0.25) is 0 Å². The Kier molecular flexibility index (Phi) is 4.85. The van der Waals surface area contributed by atoms with Crippen LogP contribution >= 0.6 is 0 Å². The first-order valence-corrected chi connectivity index (χ1v) is 7.94. The van der Waals surface area contributed by atoms with Crippen molar-refractivity contribution in [3.8, 4) is 0 Å². The molecule has 0 bridgehead atoms. The zero-order valence-corrected chi connectivity index (χ0v) is 14.2. The van der Waals surface area contributed by atoms with Crippen molar-refractivity contribution in [1.82, 2.24) is 15.0 Å². The number of aryl methyl sites for hydroxylation is 1. The molecular formula is C18H15F3N4O2. The lowest BCUT2D eigenvalue weighted by Crippen LogP contribution is -2.37. The molecule has 0 saturated carbocycles. The van der Waals surface area contributed by atoms with Crippen LogP contribution in [-0.2, 0) is 17.5 Å². The minimum Gasteiger partial charge on any atom is -0.298 e. The molecule has 0 aliphatic heterocycles. The Hall–Kier alpha value is -3.36. The van der Waals surface area contributed by atoms with Crippen LogP contribution in [0.25, 0.3) is 10.9 Å². The van der Waals surface area contributed by atoms with Gasteiger partial charge in [-0.05, 0) is 31.2 Å². The van der Waals surface area contributed by atoms with E-state index in [1.807, 2.05) is 0 Å². The predicted molar refractivity (Wildman–Crippen MR) is 93.9 cm³/mol. The number of nitrogens with one attached hydrogen (secondary N) is 2. The van der Waals surface area contributed by atoms with Gasteiger partial charge in [0.25, 0.3) is 11.5 Å². The summed E-state index contributed by atoms with van der Waals surface area (Å²) in [4.78, 5) is 28.9. The average Bonchev–Trinajstić information content (AvgIpc) is 2.63. The van der Waals surface area contributed by atoms with Crippen LogP contribution in [0.3, 0.4) is 0 Å². The van der Waals surface area contributed by atoms with E-state index in [0.717, 1.165) is 10.6 Å². The quantitative estimate of drug-likeness (QED) is 0.687. The van der Waals surface area contributed by atoms with E-state index in [2.05, 4.69) is 15.8 Å². The number of aromatic nitrogens is 2. The summed E-state index contributed by atoms with van der Waals surface area (Å²) in [6.07, 6.45) is -4.57. The third-order valence-corrected chi connectivity index (χ3v) is 3.92. The Morgan fingerprint density at radius 1 is 1.11 bits per heavy atom. The molecule has 9 heteroatoms. The second-order valence-corrected chi connectivity index (χ2v) is 5.78. The first-order chi connectivity index (χ1) is 12.8. The van der Waals surface area contributed by atoms with Crippen LogP contribution < -0.4 is 16.4 Å². The molecule has 6 nitrogen and oxygen atoms in total. The molecule has 3 aromatic rings. The molecule has 140 valence electrons. The fourth-order valence-corrected chi connectivity index (χ4v) is 2.62. The van der Waals surface area contributed by atoms with Crippen LogP contribution in [0.1, 0.15) is 11.4 Å². The molecule has 1 heterocycles. The molecule has 0 unspecified atom stereocenters. The Morgan fingerprint density at radius 2 is 1.78 bits per heavy atom. The number of fused-ring (bicyclic) bond motifs is 1. The fourth-order valence-electron chi connectivity index (χ4n) is 2.62. The molecular weight excluding hydrogens is 361 g/mol. The van der Waals surface area contributed by atoms with Gasteiger partial charge < -0.3 is 0 Å². The first-order valence-electron chi connectivity index (χ1n) is 7.94. The maximum atomic E-state index is 13.0. The molecule has 3 rings (SSSR count). The van der Waals surface area contributed by atoms with Crippen molar-refractivity contribution in [2.24, 2.45) is 0 Å². The molecule has 0 aliphatic carbocycles. The largest absolute Gasteiger partial charge is 0.418 e. The van der Waals surface area contributed by atoms with E-state index in [4.69, 9.17) is 0 Å². The van der Waals surface area contributed by atoms with Gasteiger partial charge in [0.1, 0.15) is 12.4 Å². The van der Waals surface area contributed by atoms with Gasteiger partial charge in [-0.1, -0.05) is 24.3 Å². The zero-order chi connectivity index (χ0) is 19.6. The number of rotatable bonds is 4. The summed E-state index contributed by atoms with van der Waals surface area (Å²) in [6.45, 7) is 1.19. The van der Waals surface area contributed by atoms with Gasteiger partial charge in [0.15, 0.2) is 0 Å². The molecule has 0 fully saturated rings. The van der Waals surface area contributed by atoms with Crippen molar-refractivity contribution < 1.29 is 18.0 Å². The van der Waals surface area contributed by atoms with Crippen molar-refractivity contribution in [2.45, 2.75) is 19.6 Å². The standard InChI is InChI=1S/C18H15F3N4O2/c1-11-22-14-8-4-2-6-12(14)17(27)25(11)10-16(26)24-23-15-9-5-3-7-13(15)18(19,20)21/h2-9,23H,10H2,1H3,(H,24,26). The van der Waals surface area contributed by atoms with Gasteiger partial charge in [-0.15, -0.1) is 0 Å². The predicted octanol–water partition coefficient (Wildman–Crippen LogP) is 2.87. The van der Waals surface area contributed by atoms with Gasteiger partial charge in [0.05, 0.1) is 22.2 Å². The summed E-state index contributed by atoms with van der Waals surface area (Å²) in [5.41, 5.74) is 3.35. The number of carbonyl (C=O) groups excluding carboxylic acids is 1. The van der Waals surface area contributed by atoms with E-state index in [1.54, 1.807) is 31.2 Å². The summed E-state index contributed by atoms with van der Waals surface area (Å²) in [7, 11) is 0. The number of alkyl halides is 3. The molecule has 27 heavy (non-hydrogen) atoms. The van der Waals surface area contributed by atoms with Crippen LogP contribution in [0.15, 0.2) is 53.3 Å². The van der Waals surface area contributed by atoms with Crippen molar-refractivity contribution in [2.75, 3.05) is 5.43 Å². The van der Waals surface area contributed by atoms with Crippen LogP contribution in [0, 0.1) is 6.92 Å². The Bertz CT molecular complexity index is 1060. The highest BCUT2D eigenvalue weighted by Crippen LogP contribution is 2.34. The van der Waals surface area contributed by atoms with Gasteiger partial charge >= 0.3 is 6.18 Å². The number of carbonyl (C=O) groups is 1. The summed E-state index contributed by atoms with van der Waals surface area (Å²) in [6, 6.07) is 11.5. The number of hydrazine groups is 1. The summed E-state index contributed by atoms with van der Waals surface area (Å²) >= 11 is 0. The molecule has 0 spiro atoms. The third-order valence-electron chi connectivity index (χ3n) is 3.92. The van der Waals surface area contributed by atoms with Crippen LogP contribution in [-0.4, -0.2) is 15.5 Å². The van der Waals surface area contributed by atoms with Crippen molar-refractivity contribution in [3.05, 3.63) is 70.3 Å². The van der Waals surface area contributed by atoms with Crippen molar-refractivity contribution in [3.63, 3.8) is 0 Å². The smallest absolute Gasteiger partial charge is 0.298 e. The monoisotopic (exact) mass is 376 g/mol. The maximum absolute atomic E-state index is 13.0. The molecule has 2 N–H and O–H groups in total. The lowest BCUT2D eigenvalue weighted by atomic mass is 10.2. The number of hydrogen-bond donors (Lipinski definition) is 2. The number of amides is 1. The number of nitrogens with zero attached hydrogens (tertiary/aromatic N) is 2. The summed E-state index contributed by atoms with van der Waals surface area (Å²) < 4.78 is 40.1. The molecule has 2 aromatic carbocycles. The Labute approximate surface area is 151 Å². The zero-order valence-electron chi connectivity index (χ0n) is 14.2. The number of para-hydroxylation sites is 2. The normalized spacial score (nSPS) is 11.4. The lowest BCUT2D eigenvalue weighted by molar-refractivity contribution is -0.137. The van der Waals surface area contributed by atoms with E-state index in [0.29, 0.717) is 16.7 Å². The molecule has 0 aliphatic rings. The fraction of sp³-hybridized carbons (Fsp3) is 0.167. The van der Waals surface area contributed by atoms with E-state index in [-0.39, 0.29) is 12.2 Å². The minimum atomic E-state index is -4.57. The summed E-state index contributed by atoms with van der Waals surface area (Å²) in [5.74, 6) is -0.362. The highest BCUT2D eigenvalue weighted by molar-refractivity contribution is 5.80. The van der Waals surface area contributed by atoms with Crippen molar-refractivity contribution in [1.29, 1.82) is 0 Å². The molecule has 0 radical (unpaired) electrons. The van der Waals surface area contributed by atoms with Crippen LogP contribution in [0.5, 0.6) is 0 Å². The molecule has 0 saturated heterocycles. The molecule has 0 atom stereocenters. The SMILES string of the molecule is Cc1nc2ccccc2c(=O)n1CC(=O)NNc1ccccc1C(F)(F)F. The average molecular weight is 376 g/mol. The van der Waals surface area contributed by atoms with Crippen LogP contribution in [0.4, 0.5) is 18.9 Å². The Balaban J connectivity index is 1.78. The second-order valence-electron chi connectivity index (χ2n) is 5.78. The lowest BCUT2D eigenvalue weighted by Gasteiger charge is -2.16. The highest BCUT2D eigenvalue weighted by Gasteiger charge is 2.33. The van der Waals surface area contributed by atoms with Gasteiger partial charge in [0.2, 0.25) is 0 Å². The first kappa shape index (κ1) is 18.4. The number of benzene rings is 2. The van der Waals surface area contributed by atoms with Gasteiger partial charge in [-0.3, -0.25) is 25.0 Å². The highest BCUT2D eigenvalue weighted by atomic mass is 19.4. The second kappa shape index (κ2) is 7.10. The van der Waals surface area contributed by atoms with E-state index >= 15 is 0 Å². The number of hydrogen-bond acceptors (Lipinski definition) is 4. The minimum absolute atomic E-state index is 0.293. The third kappa shape index (κ3) is 3.91. The van der Waals surface area contributed by atoms with Gasteiger partial charge in [0, 0.05) is 0 Å². The molecule has 1 amide bonds. The Morgan fingerprint density at radius 3 is 2.52 bits per heavy atom. The molecule has 1 aromatic heterocycles. The maximum Gasteiger partial charge on any atom is 0.418 e. The van der Waals surface area contributed by atoms with Gasteiger partial charge in [-0.25, -0.2) is 4.98 Å². The summed E-state index contributed by atoms with van der Waals surface area (Å²) in [5, 5.41) is 0.353. The van der Waals surface area contributed by atoms with E-state index in [9.17, 15) is 22.8 Å². The number of halogens is 3. The van der Waals surface area contributed by atoms with Gasteiger partial charge in [-0.2, -0.15) is 13.2 Å². The van der Waals surface area contributed by atoms with E-state index in [1.165, 1.54) is 18.2 Å². The van der Waals surface area contributed by atoms with Crippen molar-refractivity contribution >= 4 is 22.5 Å². The topological polar surface area (TPSA) is 76.0 Å². The van der Waals surface area contributed by atoms with E-state index < -0.39 is 23.2 Å². The number of anilines is 1.